The van der Waals surface area contributed by atoms with E-state index in [2.05, 4.69) is 20.3 Å². The molecule has 0 aliphatic rings. The molecule has 10 heteroatoms. The number of amides is 1. The number of carbonyl (C=O) groups excluding carboxylic acids is 1. The smallest absolute Gasteiger partial charge is 0.277 e. The van der Waals surface area contributed by atoms with Gasteiger partial charge >= 0.3 is 0 Å². The molecule has 2 aromatic heterocycles. The summed E-state index contributed by atoms with van der Waals surface area (Å²) in [5.41, 5.74) is 5.45. The minimum absolute atomic E-state index is 0.165. The number of H-pyrrole nitrogens is 1. The number of nitrogens with zero attached hydrogens (tertiary/aromatic N) is 2. The van der Waals surface area contributed by atoms with Gasteiger partial charge in [0.05, 0.1) is 5.69 Å². The quantitative estimate of drug-likeness (QED) is 0.457. The van der Waals surface area contributed by atoms with Gasteiger partial charge < -0.3 is 11.1 Å². The first-order valence-electron chi connectivity index (χ1n) is 7.63. The van der Waals surface area contributed by atoms with E-state index < -0.39 is 23.1 Å². The zero-order valence-electron chi connectivity index (χ0n) is 13.7. The predicted molar refractivity (Wildman–Crippen MR) is 97.4 cm³/mol. The lowest BCUT2D eigenvalue weighted by Crippen LogP contribution is -2.23. The summed E-state index contributed by atoms with van der Waals surface area (Å²) in [5, 5.41) is 2.52. The van der Waals surface area contributed by atoms with E-state index in [1.165, 1.54) is 11.8 Å². The Hall–Kier alpha value is -3.27. The molecule has 7 nitrogen and oxygen atoms in total. The lowest BCUT2D eigenvalue weighted by atomic mass is 10.2. The summed E-state index contributed by atoms with van der Waals surface area (Å²) in [6, 6.07) is 8.07. The van der Waals surface area contributed by atoms with Crippen molar-refractivity contribution in [3.8, 4) is 0 Å². The van der Waals surface area contributed by atoms with Gasteiger partial charge in [0, 0.05) is 17.5 Å². The number of nitrogen functional groups attached to an aromatic ring is 1. The van der Waals surface area contributed by atoms with E-state index in [-0.39, 0.29) is 22.2 Å². The molecule has 3 aromatic rings. The van der Waals surface area contributed by atoms with Crippen LogP contribution in [0.1, 0.15) is 16.1 Å². The minimum atomic E-state index is -1.18. The van der Waals surface area contributed by atoms with Crippen molar-refractivity contribution in [1.82, 2.24) is 15.0 Å². The summed E-state index contributed by atoms with van der Waals surface area (Å²) in [6.45, 7) is 0. The van der Waals surface area contributed by atoms with Crippen molar-refractivity contribution in [3.63, 3.8) is 0 Å². The molecule has 0 saturated carbocycles. The number of hydrogen-bond acceptors (Lipinski definition) is 6. The first-order valence-corrected chi connectivity index (χ1v) is 8.61. The molecule has 138 valence electrons. The fraction of sp³-hybridized carbons (Fsp3) is 0.0588. The van der Waals surface area contributed by atoms with E-state index in [9.17, 15) is 18.4 Å². The molecule has 0 aliphatic carbocycles. The van der Waals surface area contributed by atoms with Crippen LogP contribution in [0, 0.1) is 11.6 Å². The number of halogens is 2. The van der Waals surface area contributed by atoms with Crippen molar-refractivity contribution >= 4 is 29.2 Å². The number of pyridine rings is 1. The SMILES string of the molecule is Nc1nc(SCc2ccccn2)[nH]c(=O)c1NC(=O)c1ccc(F)c(F)c1. The summed E-state index contributed by atoms with van der Waals surface area (Å²) in [7, 11) is 0. The van der Waals surface area contributed by atoms with Gasteiger partial charge in [-0.3, -0.25) is 19.6 Å². The maximum atomic E-state index is 13.2. The molecule has 0 atom stereocenters. The fourth-order valence-corrected chi connectivity index (χ4v) is 2.89. The van der Waals surface area contributed by atoms with Crippen LogP contribution >= 0.6 is 11.8 Å². The highest BCUT2D eigenvalue weighted by atomic mass is 32.2. The molecule has 0 radical (unpaired) electrons. The highest BCUT2D eigenvalue weighted by Gasteiger charge is 2.15. The van der Waals surface area contributed by atoms with Crippen LogP contribution < -0.4 is 16.6 Å². The number of thioether (sulfide) groups is 1. The topological polar surface area (TPSA) is 114 Å². The first-order chi connectivity index (χ1) is 12.9. The van der Waals surface area contributed by atoms with E-state index in [0.29, 0.717) is 5.75 Å². The molecular formula is C17H13F2N5O2S. The standard InChI is InChI=1S/C17H13F2N5O2S/c18-11-5-4-9(7-12(11)19)15(25)22-13-14(20)23-17(24-16(13)26)27-8-10-3-1-2-6-21-10/h1-7H,8H2,(H,22,25)(H3,20,23,24,26). The summed E-state index contributed by atoms with van der Waals surface area (Å²) >= 11 is 1.22. The van der Waals surface area contributed by atoms with Gasteiger partial charge in [-0.05, 0) is 30.3 Å². The maximum Gasteiger partial charge on any atom is 0.277 e. The molecule has 4 N–H and O–H groups in total. The maximum absolute atomic E-state index is 13.2. The first kappa shape index (κ1) is 18.5. The van der Waals surface area contributed by atoms with Gasteiger partial charge in [-0.15, -0.1) is 0 Å². The minimum Gasteiger partial charge on any atom is -0.382 e. The summed E-state index contributed by atoms with van der Waals surface area (Å²) in [4.78, 5) is 35.0. The van der Waals surface area contributed by atoms with Crippen LogP contribution in [0.25, 0.3) is 0 Å². The Morgan fingerprint density at radius 2 is 2.04 bits per heavy atom. The number of rotatable bonds is 5. The third kappa shape index (κ3) is 4.47. The van der Waals surface area contributed by atoms with Gasteiger partial charge in [0.15, 0.2) is 22.6 Å². The number of nitrogens with one attached hydrogen (secondary N) is 2. The average Bonchev–Trinajstić information content (AvgIpc) is 2.66. The second-order valence-electron chi connectivity index (χ2n) is 5.32. The fourth-order valence-electron chi connectivity index (χ4n) is 2.11. The third-order valence-corrected chi connectivity index (χ3v) is 4.34. The van der Waals surface area contributed by atoms with Crippen LogP contribution in [-0.4, -0.2) is 20.9 Å². The van der Waals surface area contributed by atoms with Crippen molar-refractivity contribution in [1.29, 1.82) is 0 Å². The van der Waals surface area contributed by atoms with Crippen molar-refractivity contribution in [3.05, 3.63) is 75.8 Å². The van der Waals surface area contributed by atoms with Gasteiger partial charge in [-0.1, -0.05) is 17.8 Å². The Kier molecular flexibility index (Phi) is 5.46. The molecule has 0 saturated heterocycles. The van der Waals surface area contributed by atoms with Crippen molar-refractivity contribution in [2.24, 2.45) is 0 Å². The Morgan fingerprint density at radius 3 is 2.70 bits per heavy atom. The lowest BCUT2D eigenvalue weighted by molar-refractivity contribution is 0.102. The van der Waals surface area contributed by atoms with Crippen LogP contribution in [0.15, 0.2) is 52.5 Å². The highest BCUT2D eigenvalue weighted by molar-refractivity contribution is 7.98. The average molecular weight is 389 g/mol. The molecule has 0 spiro atoms. The van der Waals surface area contributed by atoms with Crippen LogP contribution in [0.5, 0.6) is 0 Å². The van der Waals surface area contributed by atoms with Gasteiger partial charge in [0.25, 0.3) is 11.5 Å². The summed E-state index contributed by atoms with van der Waals surface area (Å²) in [6.07, 6.45) is 1.65. The largest absolute Gasteiger partial charge is 0.382 e. The van der Waals surface area contributed by atoms with E-state index >= 15 is 0 Å². The van der Waals surface area contributed by atoms with E-state index in [1.807, 2.05) is 12.1 Å². The monoisotopic (exact) mass is 389 g/mol. The molecule has 3 rings (SSSR count). The Balaban J connectivity index is 1.75. The van der Waals surface area contributed by atoms with E-state index in [4.69, 9.17) is 5.73 Å². The normalized spacial score (nSPS) is 10.6. The molecule has 1 aromatic carbocycles. The number of aromatic nitrogens is 3. The number of hydrogen-bond donors (Lipinski definition) is 3. The Bertz CT molecular complexity index is 1040. The van der Waals surface area contributed by atoms with Crippen LogP contribution in [-0.2, 0) is 5.75 Å². The lowest BCUT2D eigenvalue weighted by Gasteiger charge is -2.08. The van der Waals surface area contributed by atoms with Gasteiger partial charge in [-0.25, -0.2) is 13.8 Å². The molecule has 0 unspecified atom stereocenters. The van der Waals surface area contributed by atoms with Crippen molar-refractivity contribution in [2.45, 2.75) is 10.9 Å². The molecular weight excluding hydrogens is 376 g/mol. The predicted octanol–water partition coefficient (Wildman–Crippen LogP) is 2.57. The van der Waals surface area contributed by atoms with Crippen molar-refractivity contribution in [2.75, 3.05) is 11.1 Å². The summed E-state index contributed by atoms with van der Waals surface area (Å²) < 4.78 is 26.2. The van der Waals surface area contributed by atoms with Crippen LogP contribution in [0.2, 0.25) is 0 Å². The molecule has 2 heterocycles. The van der Waals surface area contributed by atoms with Gasteiger partial charge in [-0.2, -0.15) is 0 Å². The molecule has 0 fully saturated rings. The second kappa shape index (κ2) is 7.96. The van der Waals surface area contributed by atoms with Gasteiger partial charge in [0.1, 0.15) is 5.69 Å². The number of carbonyl (C=O) groups is 1. The number of benzene rings is 1. The number of nitrogens with two attached hydrogens (primary N) is 1. The Labute approximate surface area is 156 Å². The van der Waals surface area contributed by atoms with Crippen LogP contribution in [0.3, 0.4) is 0 Å². The number of aromatic amines is 1. The zero-order chi connectivity index (χ0) is 19.4. The van der Waals surface area contributed by atoms with Crippen LogP contribution in [0.4, 0.5) is 20.3 Å². The molecule has 0 bridgehead atoms. The highest BCUT2D eigenvalue weighted by Crippen LogP contribution is 2.20. The van der Waals surface area contributed by atoms with Gasteiger partial charge in [0.2, 0.25) is 0 Å². The molecule has 0 aliphatic heterocycles. The molecule has 1 amide bonds. The van der Waals surface area contributed by atoms with E-state index in [0.717, 1.165) is 23.9 Å². The second-order valence-corrected chi connectivity index (χ2v) is 6.29. The van der Waals surface area contributed by atoms with Crippen molar-refractivity contribution < 1.29 is 13.6 Å². The third-order valence-electron chi connectivity index (χ3n) is 3.43. The molecule has 27 heavy (non-hydrogen) atoms. The number of anilines is 2. The Morgan fingerprint density at radius 1 is 1.22 bits per heavy atom. The zero-order valence-corrected chi connectivity index (χ0v) is 14.5. The van der Waals surface area contributed by atoms with E-state index in [1.54, 1.807) is 12.3 Å². The summed E-state index contributed by atoms with van der Waals surface area (Å²) in [5.74, 6) is -2.81.